The van der Waals surface area contributed by atoms with E-state index in [4.69, 9.17) is 10.7 Å². The van der Waals surface area contributed by atoms with Gasteiger partial charge in [-0.15, -0.1) is 0 Å². The number of likely N-dealkylation sites (tertiary alicyclic amines) is 1. The highest BCUT2D eigenvalue weighted by molar-refractivity contribution is 5.92. The molecule has 178 valence electrons. The Morgan fingerprint density at radius 1 is 1.21 bits per heavy atom. The zero-order valence-electron chi connectivity index (χ0n) is 19.7. The maximum absolute atomic E-state index is 11.6. The highest BCUT2D eigenvalue weighted by atomic mass is 16.3. The first-order valence-corrected chi connectivity index (χ1v) is 11.9. The highest BCUT2D eigenvalue weighted by Crippen LogP contribution is 2.34. The van der Waals surface area contributed by atoms with Crippen LogP contribution in [0.1, 0.15) is 37.9 Å². The fraction of sp³-hybridized carbons (Fsp3) is 0.400. The molecule has 34 heavy (non-hydrogen) atoms. The summed E-state index contributed by atoms with van der Waals surface area (Å²) in [7, 11) is 0. The third kappa shape index (κ3) is 3.81. The first-order chi connectivity index (χ1) is 16.5. The van der Waals surface area contributed by atoms with Gasteiger partial charge >= 0.3 is 6.03 Å². The van der Waals surface area contributed by atoms with Crippen molar-refractivity contribution < 1.29 is 9.90 Å². The Labute approximate surface area is 198 Å². The van der Waals surface area contributed by atoms with Crippen LogP contribution in [0.4, 0.5) is 10.5 Å². The van der Waals surface area contributed by atoms with E-state index in [1.165, 1.54) is 0 Å². The molecule has 2 amide bonds. The molecule has 0 spiro atoms. The van der Waals surface area contributed by atoms with E-state index in [0.717, 1.165) is 64.6 Å². The molecule has 9 nitrogen and oxygen atoms in total. The van der Waals surface area contributed by atoms with Crippen LogP contribution in [0.5, 0.6) is 5.88 Å². The number of nitrogens with two attached hydrogens (primary N) is 1. The number of carbonyl (C=O) groups is 1. The number of urea groups is 1. The number of pyridine rings is 1. The lowest BCUT2D eigenvalue weighted by Gasteiger charge is -2.32. The van der Waals surface area contributed by atoms with Gasteiger partial charge in [-0.25, -0.2) is 14.5 Å². The summed E-state index contributed by atoms with van der Waals surface area (Å²) in [5, 5.41) is 22.1. The summed E-state index contributed by atoms with van der Waals surface area (Å²) >= 11 is 0. The molecule has 4 N–H and O–H groups in total. The lowest BCUT2D eigenvalue weighted by Crippen LogP contribution is -2.44. The number of anilines is 1. The van der Waals surface area contributed by atoms with Crippen LogP contribution in [-0.2, 0) is 19.5 Å². The van der Waals surface area contributed by atoms with E-state index >= 15 is 0 Å². The Morgan fingerprint density at radius 3 is 2.65 bits per heavy atom. The molecule has 5 rings (SSSR count). The molecule has 0 saturated carbocycles. The largest absolute Gasteiger partial charge is 0.494 e. The van der Waals surface area contributed by atoms with Crippen LogP contribution in [0.2, 0.25) is 0 Å². The molecular weight excluding hydrogens is 430 g/mol. The molecule has 0 bridgehead atoms. The first kappa shape index (κ1) is 22.1. The van der Waals surface area contributed by atoms with Gasteiger partial charge in [-0.1, -0.05) is 25.1 Å². The second-order valence-electron chi connectivity index (χ2n) is 8.87. The summed E-state index contributed by atoms with van der Waals surface area (Å²) < 4.78 is 3.80. The summed E-state index contributed by atoms with van der Waals surface area (Å²) in [6, 6.07) is 7.68. The lowest BCUT2D eigenvalue weighted by atomic mass is 10.0. The van der Waals surface area contributed by atoms with E-state index in [2.05, 4.69) is 24.3 Å². The molecule has 1 fully saturated rings. The number of primary amides is 1. The molecule has 0 radical (unpaired) electrons. The number of benzene rings is 1. The van der Waals surface area contributed by atoms with Crippen molar-refractivity contribution in [3.05, 3.63) is 47.9 Å². The molecule has 0 atom stereocenters. The van der Waals surface area contributed by atoms with Crippen LogP contribution in [0.15, 0.2) is 36.7 Å². The van der Waals surface area contributed by atoms with Crippen LogP contribution in [0.25, 0.3) is 21.8 Å². The van der Waals surface area contributed by atoms with Crippen molar-refractivity contribution in [2.45, 2.75) is 52.2 Å². The number of aryl methyl sites for hydroxylation is 2. The fourth-order valence-electron chi connectivity index (χ4n) is 4.97. The minimum atomic E-state index is -0.363. The topological polar surface area (TPSA) is 114 Å². The maximum atomic E-state index is 11.6. The fourth-order valence-corrected chi connectivity index (χ4v) is 4.97. The standard InChI is InChI=1S/C25H31N7O2/c1-3-21-20(15-31-14-16-7-5-6-8-18(16)24(31)33)22(19-13-27-32(4-2)23(19)29-21)28-17-9-11-30(12-10-17)25(26)34/h5-8,13-14,17,33H,3-4,9-12,15H2,1-2H3,(H2,26,34)(H,28,29). The van der Waals surface area contributed by atoms with Crippen molar-refractivity contribution in [3.8, 4) is 5.88 Å². The monoisotopic (exact) mass is 461 g/mol. The molecule has 1 aliphatic rings. The summed E-state index contributed by atoms with van der Waals surface area (Å²) in [6.07, 6.45) is 6.25. The number of nitrogens with zero attached hydrogens (tertiary/aromatic N) is 5. The molecule has 1 saturated heterocycles. The van der Waals surface area contributed by atoms with Crippen LogP contribution in [0, 0.1) is 0 Å². The summed E-state index contributed by atoms with van der Waals surface area (Å²) in [5.41, 5.74) is 9.38. The Hall–Kier alpha value is -3.75. The van der Waals surface area contributed by atoms with Crippen LogP contribution in [0.3, 0.4) is 0 Å². The average Bonchev–Trinajstić information content (AvgIpc) is 3.41. The number of aromatic nitrogens is 4. The quantitative estimate of drug-likeness (QED) is 0.405. The Bertz CT molecular complexity index is 1350. The smallest absolute Gasteiger partial charge is 0.314 e. The lowest BCUT2D eigenvalue weighted by molar-refractivity contribution is 0.193. The number of aromatic hydroxyl groups is 1. The molecule has 1 aromatic carbocycles. The molecule has 4 heterocycles. The van der Waals surface area contributed by atoms with E-state index in [0.29, 0.717) is 19.6 Å². The van der Waals surface area contributed by atoms with Gasteiger partial charge in [-0.3, -0.25) is 0 Å². The number of hydrogen-bond acceptors (Lipinski definition) is 5. The first-order valence-electron chi connectivity index (χ1n) is 11.9. The van der Waals surface area contributed by atoms with Gasteiger partial charge in [0.05, 0.1) is 23.8 Å². The minimum absolute atomic E-state index is 0.201. The summed E-state index contributed by atoms with van der Waals surface area (Å²) in [5.74, 6) is 0.253. The maximum Gasteiger partial charge on any atom is 0.314 e. The van der Waals surface area contributed by atoms with E-state index in [9.17, 15) is 9.90 Å². The second-order valence-corrected chi connectivity index (χ2v) is 8.87. The summed E-state index contributed by atoms with van der Waals surface area (Å²) in [6.45, 7) is 6.66. The Morgan fingerprint density at radius 2 is 1.97 bits per heavy atom. The third-order valence-electron chi connectivity index (χ3n) is 6.86. The van der Waals surface area contributed by atoms with Gasteiger partial charge in [0.15, 0.2) is 11.5 Å². The molecule has 3 aromatic heterocycles. The van der Waals surface area contributed by atoms with Crippen LogP contribution in [-0.4, -0.2) is 54.5 Å². The van der Waals surface area contributed by atoms with Crippen molar-refractivity contribution >= 4 is 33.5 Å². The van der Waals surface area contributed by atoms with Gasteiger partial charge in [0.2, 0.25) is 0 Å². The third-order valence-corrected chi connectivity index (χ3v) is 6.86. The van der Waals surface area contributed by atoms with Gasteiger partial charge < -0.3 is 25.6 Å². The minimum Gasteiger partial charge on any atom is -0.494 e. The number of rotatable bonds is 6. The number of hydrogen-bond donors (Lipinski definition) is 3. The van der Waals surface area contributed by atoms with Crippen LogP contribution < -0.4 is 11.1 Å². The normalized spacial score (nSPS) is 14.8. The van der Waals surface area contributed by atoms with Gasteiger partial charge in [-0.2, -0.15) is 5.10 Å². The number of piperidine rings is 1. The van der Waals surface area contributed by atoms with Crippen molar-refractivity contribution in [2.75, 3.05) is 18.4 Å². The number of amides is 2. The number of carbonyl (C=O) groups excluding carboxylic acids is 1. The molecule has 0 unspecified atom stereocenters. The number of fused-ring (bicyclic) bond motifs is 2. The van der Waals surface area contributed by atoms with E-state index in [1.54, 1.807) is 4.90 Å². The van der Waals surface area contributed by atoms with Gasteiger partial charge in [0.25, 0.3) is 0 Å². The van der Waals surface area contributed by atoms with E-state index in [-0.39, 0.29) is 18.0 Å². The predicted octanol–water partition coefficient (Wildman–Crippen LogP) is 3.68. The van der Waals surface area contributed by atoms with E-state index in [1.807, 2.05) is 45.9 Å². The SMILES string of the molecule is CCc1nc2c(cnn2CC)c(NC2CCN(C(N)=O)CC2)c1Cn1cc2ccccc2c1O. The van der Waals surface area contributed by atoms with Crippen LogP contribution >= 0.6 is 0 Å². The Kier molecular flexibility index (Phi) is 5.77. The average molecular weight is 462 g/mol. The zero-order chi connectivity index (χ0) is 23.8. The van der Waals surface area contributed by atoms with Crippen molar-refractivity contribution in [1.82, 2.24) is 24.2 Å². The second kappa shape index (κ2) is 8.89. The molecule has 1 aliphatic heterocycles. The highest BCUT2D eigenvalue weighted by Gasteiger charge is 2.25. The van der Waals surface area contributed by atoms with Crippen molar-refractivity contribution in [3.63, 3.8) is 0 Å². The van der Waals surface area contributed by atoms with Crippen molar-refractivity contribution in [1.29, 1.82) is 0 Å². The van der Waals surface area contributed by atoms with E-state index < -0.39 is 0 Å². The van der Waals surface area contributed by atoms with Gasteiger partial charge in [0, 0.05) is 53.9 Å². The molecule has 9 heteroatoms. The summed E-state index contributed by atoms with van der Waals surface area (Å²) in [4.78, 5) is 18.2. The molecule has 4 aromatic rings. The molecule has 0 aliphatic carbocycles. The Balaban J connectivity index is 1.58. The van der Waals surface area contributed by atoms with Crippen molar-refractivity contribution in [2.24, 2.45) is 5.73 Å². The number of nitrogens with one attached hydrogen (secondary N) is 1. The predicted molar refractivity (Wildman–Crippen MR) is 133 cm³/mol. The molecular formula is C25H31N7O2. The van der Waals surface area contributed by atoms with Gasteiger partial charge in [0.1, 0.15) is 0 Å². The zero-order valence-corrected chi connectivity index (χ0v) is 19.7. The van der Waals surface area contributed by atoms with Gasteiger partial charge in [-0.05, 0) is 32.3 Å².